The summed E-state index contributed by atoms with van der Waals surface area (Å²) < 4.78 is 5.77. The molecule has 0 unspecified atom stereocenters. The molecule has 0 radical (unpaired) electrons. The summed E-state index contributed by atoms with van der Waals surface area (Å²) in [7, 11) is 0. The average molecular weight is 412 g/mol. The van der Waals surface area contributed by atoms with E-state index < -0.39 is 0 Å². The van der Waals surface area contributed by atoms with Crippen LogP contribution in [0, 0.1) is 17.3 Å². The van der Waals surface area contributed by atoms with E-state index in [1.807, 2.05) is 0 Å². The lowest BCUT2D eigenvalue weighted by Gasteiger charge is -2.35. The quantitative estimate of drug-likeness (QED) is 0.575. The highest BCUT2D eigenvalue weighted by Crippen LogP contribution is 2.38. The van der Waals surface area contributed by atoms with E-state index in [0.717, 1.165) is 31.1 Å². The minimum Gasteiger partial charge on any atom is -0.493 e. The number of Topliss-reactive ketones (excluding diaryl/α,β-unsaturated/α-hetero) is 1. The number of likely N-dealkylation sites (tertiary alicyclic amines) is 1. The monoisotopic (exact) mass is 411 g/mol. The standard InChI is InChI=1S/C27H41NO2/c1-27(2,3)26(29)19-21-9-7-20(8-10-21)11-15-28-16-12-22(13-17-28)23-5-4-6-25-24(23)14-18-30-25/h4-6,20-22H,7-19H2,1-3H3. The Morgan fingerprint density at radius 2 is 1.73 bits per heavy atom. The summed E-state index contributed by atoms with van der Waals surface area (Å²) in [6.07, 6.45) is 11.0. The highest BCUT2D eigenvalue weighted by molar-refractivity contribution is 5.83. The Morgan fingerprint density at radius 1 is 1.03 bits per heavy atom. The Kier molecular flexibility index (Phi) is 6.87. The second kappa shape index (κ2) is 9.42. The van der Waals surface area contributed by atoms with Crippen LogP contribution in [-0.4, -0.2) is 36.9 Å². The number of hydrogen-bond acceptors (Lipinski definition) is 3. The third-order valence-corrected chi connectivity index (χ3v) is 7.94. The lowest BCUT2D eigenvalue weighted by molar-refractivity contribution is -0.127. The van der Waals surface area contributed by atoms with Crippen molar-refractivity contribution in [3.63, 3.8) is 0 Å². The minimum absolute atomic E-state index is 0.171. The van der Waals surface area contributed by atoms with Crippen LogP contribution in [0.5, 0.6) is 5.75 Å². The largest absolute Gasteiger partial charge is 0.493 e. The molecule has 4 rings (SSSR count). The van der Waals surface area contributed by atoms with Gasteiger partial charge < -0.3 is 9.64 Å². The first kappa shape index (κ1) is 21.9. The number of fused-ring (bicyclic) bond motifs is 1. The van der Waals surface area contributed by atoms with Gasteiger partial charge in [-0.25, -0.2) is 0 Å². The molecule has 3 heteroatoms. The second-order valence-corrected chi connectivity index (χ2v) is 11.1. The maximum Gasteiger partial charge on any atom is 0.138 e. The smallest absolute Gasteiger partial charge is 0.138 e. The van der Waals surface area contributed by atoms with Gasteiger partial charge in [0.15, 0.2) is 0 Å². The Morgan fingerprint density at radius 3 is 2.43 bits per heavy atom. The van der Waals surface area contributed by atoms with Gasteiger partial charge in [0.05, 0.1) is 6.61 Å². The van der Waals surface area contributed by atoms with Gasteiger partial charge >= 0.3 is 0 Å². The highest BCUT2D eigenvalue weighted by atomic mass is 16.5. The van der Waals surface area contributed by atoms with Gasteiger partial charge in [-0.05, 0) is 81.1 Å². The van der Waals surface area contributed by atoms with Crippen molar-refractivity contribution in [2.75, 3.05) is 26.2 Å². The normalized spacial score (nSPS) is 25.7. The van der Waals surface area contributed by atoms with Crippen LogP contribution >= 0.6 is 0 Å². The maximum atomic E-state index is 12.3. The summed E-state index contributed by atoms with van der Waals surface area (Å²) in [5, 5.41) is 0. The molecule has 0 aromatic heterocycles. The van der Waals surface area contributed by atoms with E-state index in [1.165, 1.54) is 70.1 Å². The fourth-order valence-corrected chi connectivity index (χ4v) is 5.76. The maximum absolute atomic E-state index is 12.3. The minimum atomic E-state index is -0.171. The lowest BCUT2D eigenvalue weighted by Crippen LogP contribution is -2.35. The van der Waals surface area contributed by atoms with Gasteiger partial charge in [0.2, 0.25) is 0 Å². The van der Waals surface area contributed by atoms with Crippen LogP contribution in [0.15, 0.2) is 18.2 Å². The zero-order valence-electron chi connectivity index (χ0n) is 19.4. The number of carbonyl (C=O) groups excluding carboxylic acids is 1. The molecular weight excluding hydrogens is 370 g/mol. The first-order chi connectivity index (χ1) is 14.4. The Labute approximate surface area is 183 Å². The number of ketones is 1. The van der Waals surface area contributed by atoms with Gasteiger partial charge in [0, 0.05) is 23.8 Å². The first-order valence-electron chi connectivity index (χ1n) is 12.4. The third kappa shape index (κ3) is 5.28. The average Bonchev–Trinajstić information content (AvgIpc) is 3.22. The van der Waals surface area contributed by atoms with E-state index in [9.17, 15) is 4.79 Å². The number of nitrogens with zero attached hydrogens (tertiary/aromatic N) is 1. The molecule has 0 atom stereocenters. The van der Waals surface area contributed by atoms with Crippen molar-refractivity contribution in [2.24, 2.45) is 17.3 Å². The van der Waals surface area contributed by atoms with E-state index in [0.29, 0.717) is 17.6 Å². The van der Waals surface area contributed by atoms with Gasteiger partial charge in [-0.1, -0.05) is 45.7 Å². The Hall–Kier alpha value is -1.35. The molecule has 0 amide bonds. The fraction of sp³-hybridized carbons (Fsp3) is 0.741. The molecule has 0 N–H and O–H groups in total. The van der Waals surface area contributed by atoms with Crippen molar-refractivity contribution in [1.82, 2.24) is 4.90 Å². The molecule has 1 aromatic rings. The van der Waals surface area contributed by atoms with Crippen molar-refractivity contribution in [3.8, 4) is 5.75 Å². The van der Waals surface area contributed by atoms with Crippen LogP contribution in [0.3, 0.4) is 0 Å². The Balaban J connectivity index is 1.17. The number of carbonyl (C=O) groups is 1. The van der Waals surface area contributed by atoms with Gasteiger partial charge in [-0.2, -0.15) is 0 Å². The molecule has 2 fully saturated rings. The highest BCUT2D eigenvalue weighted by Gasteiger charge is 2.29. The molecule has 166 valence electrons. The van der Waals surface area contributed by atoms with Gasteiger partial charge in [0.25, 0.3) is 0 Å². The van der Waals surface area contributed by atoms with E-state index in [4.69, 9.17) is 4.74 Å². The zero-order valence-corrected chi connectivity index (χ0v) is 19.4. The summed E-state index contributed by atoms with van der Waals surface area (Å²) in [6, 6.07) is 6.66. The van der Waals surface area contributed by atoms with Gasteiger partial charge in [-0.15, -0.1) is 0 Å². The number of ether oxygens (including phenoxy) is 1. The summed E-state index contributed by atoms with van der Waals surface area (Å²) >= 11 is 0. The van der Waals surface area contributed by atoms with Crippen molar-refractivity contribution in [2.45, 2.75) is 84.5 Å². The predicted octanol–water partition coefficient (Wildman–Crippen LogP) is 6.00. The number of hydrogen-bond donors (Lipinski definition) is 0. The van der Waals surface area contributed by atoms with Gasteiger partial charge in [0.1, 0.15) is 11.5 Å². The molecule has 30 heavy (non-hydrogen) atoms. The van der Waals surface area contributed by atoms with Crippen LogP contribution in [0.1, 0.15) is 89.2 Å². The molecule has 1 aromatic carbocycles. The van der Waals surface area contributed by atoms with Crippen molar-refractivity contribution >= 4 is 5.78 Å². The van der Waals surface area contributed by atoms with Crippen LogP contribution in [0.25, 0.3) is 0 Å². The van der Waals surface area contributed by atoms with Crippen LogP contribution < -0.4 is 4.74 Å². The number of rotatable bonds is 6. The molecule has 0 bridgehead atoms. The fourth-order valence-electron chi connectivity index (χ4n) is 5.76. The summed E-state index contributed by atoms with van der Waals surface area (Å²) in [5.74, 6) is 3.81. The SMILES string of the molecule is CC(C)(C)C(=O)CC1CCC(CCN2CCC(c3cccc4c3CCO4)CC2)CC1. The molecule has 3 aliphatic rings. The summed E-state index contributed by atoms with van der Waals surface area (Å²) in [4.78, 5) is 15.0. The number of piperidine rings is 1. The zero-order chi connectivity index (χ0) is 21.1. The molecule has 0 spiro atoms. The van der Waals surface area contributed by atoms with E-state index >= 15 is 0 Å². The van der Waals surface area contributed by atoms with Gasteiger partial charge in [-0.3, -0.25) is 4.79 Å². The van der Waals surface area contributed by atoms with Crippen molar-refractivity contribution in [3.05, 3.63) is 29.3 Å². The van der Waals surface area contributed by atoms with Crippen LogP contribution in [0.2, 0.25) is 0 Å². The molecule has 3 nitrogen and oxygen atoms in total. The van der Waals surface area contributed by atoms with Crippen molar-refractivity contribution in [1.29, 1.82) is 0 Å². The summed E-state index contributed by atoms with van der Waals surface area (Å²) in [5.41, 5.74) is 2.88. The Bertz CT molecular complexity index is 719. The lowest BCUT2D eigenvalue weighted by atomic mass is 9.75. The van der Waals surface area contributed by atoms with E-state index in [-0.39, 0.29) is 5.41 Å². The first-order valence-corrected chi connectivity index (χ1v) is 12.4. The molecule has 2 aliphatic heterocycles. The summed E-state index contributed by atoms with van der Waals surface area (Å²) in [6.45, 7) is 10.8. The molecule has 2 heterocycles. The molecular formula is C27H41NO2. The van der Waals surface area contributed by atoms with Crippen LogP contribution in [-0.2, 0) is 11.2 Å². The van der Waals surface area contributed by atoms with E-state index in [2.05, 4.69) is 43.9 Å². The second-order valence-electron chi connectivity index (χ2n) is 11.1. The van der Waals surface area contributed by atoms with Crippen molar-refractivity contribution < 1.29 is 9.53 Å². The molecule has 1 saturated carbocycles. The third-order valence-electron chi connectivity index (χ3n) is 7.94. The predicted molar refractivity (Wildman–Crippen MR) is 123 cm³/mol. The van der Waals surface area contributed by atoms with Crippen LogP contribution in [0.4, 0.5) is 0 Å². The number of benzene rings is 1. The van der Waals surface area contributed by atoms with E-state index in [1.54, 1.807) is 5.56 Å². The molecule has 1 aliphatic carbocycles. The molecule has 1 saturated heterocycles. The topological polar surface area (TPSA) is 29.5 Å².